The summed E-state index contributed by atoms with van der Waals surface area (Å²) in [6, 6.07) is 15.4. The lowest BCUT2D eigenvalue weighted by molar-refractivity contribution is 0.101. The molecule has 7 heteroatoms. The molecule has 0 saturated carbocycles. The molecule has 0 saturated heterocycles. The Kier molecular flexibility index (Phi) is 4.10. The van der Waals surface area contributed by atoms with Gasteiger partial charge in [0.25, 0.3) is 5.91 Å². The number of hydrogen-bond donors (Lipinski definition) is 1. The van der Waals surface area contributed by atoms with Crippen molar-refractivity contribution in [1.29, 1.82) is 0 Å². The van der Waals surface area contributed by atoms with Gasteiger partial charge in [-0.15, -0.1) is 10.2 Å². The summed E-state index contributed by atoms with van der Waals surface area (Å²) in [5.74, 6) is -0.394. The van der Waals surface area contributed by atoms with Crippen molar-refractivity contribution >= 4 is 22.6 Å². The molecule has 0 radical (unpaired) electrons. The Hall–Kier alpha value is -3.61. The topological polar surface area (TPSA) is 85.6 Å². The SMILES string of the molecule is Cc1ccccc1Cn1cc(NC(=O)c2nnc3ccccc3n2)cn1. The minimum Gasteiger partial charge on any atom is -0.316 e. The first-order chi connectivity index (χ1) is 12.7. The molecule has 0 spiro atoms. The van der Waals surface area contributed by atoms with E-state index in [4.69, 9.17) is 0 Å². The van der Waals surface area contributed by atoms with Crippen LogP contribution in [0.15, 0.2) is 60.9 Å². The molecule has 2 heterocycles. The number of amides is 1. The van der Waals surface area contributed by atoms with Crippen molar-refractivity contribution in [2.24, 2.45) is 0 Å². The van der Waals surface area contributed by atoms with Gasteiger partial charge in [0, 0.05) is 6.20 Å². The van der Waals surface area contributed by atoms with Crippen LogP contribution < -0.4 is 5.32 Å². The third kappa shape index (κ3) is 3.27. The second-order valence-corrected chi connectivity index (χ2v) is 5.93. The molecule has 2 aromatic carbocycles. The number of carbonyl (C=O) groups is 1. The van der Waals surface area contributed by atoms with E-state index in [2.05, 4.69) is 44.7 Å². The number of nitrogens with one attached hydrogen (secondary N) is 1. The maximum atomic E-state index is 12.4. The van der Waals surface area contributed by atoms with Gasteiger partial charge in [-0.05, 0) is 30.2 Å². The largest absolute Gasteiger partial charge is 0.316 e. The van der Waals surface area contributed by atoms with Crippen LogP contribution in [0.25, 0.3) is 11.0 Å². The summed E-state index contributed by atoms with van der Waals surface area (Å²) >= 11 is 0. The highest BCUT2D eigenvalue weighted by atomic mass is 16.2. The third-order valence-electron chi connectivity index (χ3n) is 4.05. The van der Waals surface area contributed by atoms with E-state index >= 15 is 0 Å². The van der Waals surface area contributed by atoms with Crippen molar-refractivity contribution in [3.63, 3.8) is 0 Å². The summed E-state index contributed by atoms with van der Waals surface area (Å²) in [6.45, 7) is 2.70. The van der Waals surface area contributed by atoms with Gasteiger partial charge in [0.05, 0.1) is 23.9 Å². The molecule has 0 aliphatic rings. The summed E-state index contributed by atoms with van der Waals surface area (Å²) in [7, 11) is 0. The predicted molar refractivity (Wildman–Crippen MR) is 97.8 cm³/mol. The van der Waals surface area contributed by atoms with E-state index in [1.807, 2.05) is 24.3 Å². The first-order valence-corrected chi connectivity index (χ1v) is 8.17. The summed E-state index contributed by atoms with van der Waals surface area (Å²) < 4.78 is 1.78. The molecule has 0 unspecified atom stereocenters. The molecule has 4 aromatic rings. The van der Waals surface area contributed by atoms with E-state index in [1.165, 1.54) is 11.1 Å². The molecular formula is C19H16N6O. The molecule has 0 aliphatic heterocycles. The zero-order valence-corrected chi connectivity index (χ0v) is 14.1. The Bertz CT molecular complexity index is 1090. The molecule has 2 aromatic heterocycles. The molecule has 0 atom stereocenters. The molecule has 7 nitrogen and oxygen atoms in total. The molecule has 1 N–H and O–H groups in total. The van der Waals surface area contributed by atoms with Gasteiger partial charge < -0.3 is 5.32 Å². The number of fused-ring (bicyclic) bond motifs is 1. The van der Waals surface area contributed by atoms with E-state index in [9.17, 15) is 4.79 Å². The standard InChI is InChI=1S/C19H16N6O/c1-13-6-2-3-7-14(13)11-25-12-15(10-20-25)21-19(26)18-22-16-8-4-5-9-17(16)23-24-18/h2-10,12H,11H2,1H3,(H,21,26). The Balaban J connectivity index is 1.49. The first-order valence-electron chi connectivity index (χ1n) is 8.17. The van der Waals surface area contributed by atoms with E-state index in [-0.39, 0.29) is 5.82 Å². The quantitative estimate of drug-likeness (QED) is 0.615. The van der Waals surface area contributed by atoms with Crippen LogP contribution in [0.5, 0.6) is 0 Å². The molecular weight excluding hydrogens is 328 g/mol. The van der Waals surface area contributed by atoms with E-state index in [0.717, 1.165) is 0 Å². The summed E-state index contributed by atoms with van der Waals surface area (Å²) in [4.78, 5) is 16.6. The number of carbonyl (C=O) groups excluding carboxylic acids is 1. The Morgan fingerprint density at radius 1 is 1.04 bits per heavy atom. The fourth-order valence-electron chi connectivity index (χ4n) is 2.64. The van der Waals surface area contributed by atoms with Gasteiger partial charge in [-0.25, -0.2) is 4.98 Å². The number of hydrogen-bond acceptors (Lipinski definition) is 5. The monoisotopic (exact) mass is 344 g/mol. The average molecular weight is 344 g/mol. The highest BCUT2D eigenvalue weighted by Crippen LogP contribution is 2.12. The first kappa shape index (κ1) is 15.9. The normalized spacial score (nSPS) is 10.8. The lowest BCUT2D eigenvalue weighted by Crippen LogP contribution is -2.16. The fourth-order valence-corrected chi connectivity index (χ4v) is 2.64. The number of benzene rings is 2. The lowest BCUT2D eigenvalue weighted by atomic mass is 10.1. The molecule has 26 heavy (non-hydrogen) atoms. The van der Waals surface area contributed by atoms with Crippen molar-refractivity contribution in [1.82, 2.24) is 25.0 Å². The number of aryl methyl sites for hydroxylation is 1. The van der Waals surface area contributed by atoms with Crippen LogP contribution in [0.2, 0.25) is 0 Å². The van der Waals surface area contributed by atoms with Gasteiger partial charge in [0.15, 0.2) is 0 Å². The number of anilines is 1. The van der Waals surface area contributed by atoms with Crippen LogP contribution in [0.1, 0.15) is 21.7 Å². The van der Waals surface area contributed by atoms with Crippen LogP contribution in [-0.4, -0.2) is 30.9 Å². The summed E-state index contributed by atoms with van der Waals surface area (Å²) in [6.07, 6.45) is 3.38. The molecule has 0 fully saturated rings. The van der Waals surface area contributed by atoms with Gasteiger partial charge in [0.1, 0.15) is 5.52 Å². The molecule has 1 amide bonds. The van der Waals surface area contributed by atoms with Gasteiger partial charge in [-0.1, -0.05) is 36.4 Å². The van der Waals surface area contributed by atoms with Crippen molar-refractivity contribution in [3.8, 4) is 0 Å². The fraction of sp³-hybridized carbons (Fsp3) is 0.105. The minimum atomic E-state index is -0.418. The predicted octanol–water partition coefficient (Wildman–Crippen LogP) is 2.83. The van der Waals surface area contributed by atoms with Gasteiger partial charge in [-0.2, -0.15) is 5.10 Å². The van der Waals surface area contributed by atoms with Crippen molar-refractivity contribution < 1.29 is 4.79 Å². The van der Waals surface area contributed by atoms with E-state index in [0.29, 0.717) is 23.3 Å². The number of aromatic nitrogens is 5. The molecule has 4 rings (SSSR count). The van der Waals surface area contributed by atoms with Crippen LogP contribution >= 0.6 is 0 Å². The number of para-hydroxylation sites is 1. The van der Waals surface area contributed by atoms with Gasteiger partial charge in [-0.3, -0.25) is 9.48 Å². The Labute approximate surface area is 149 Å². The van der Waals surface area contributed by atoms with Gasteiger partial charge in [0.2, 0.25) is 5.82 Å². The van der Waals surface area contributed by atoms with Crippen molar-refractivity contribution in [2.75, 3.05) is 5.32 Å². The maximum Gasteiger partial charge on any atom is 0.295 e. The van der Waals surface area contributed by atoms with Crippen molar-refractivity contribution in [3.05, 3.63) is 77.9 Å². The van der Waals surface area contributed by atoms with E-state index in [1.54, 1.807) is 29.2 Å². The zero-order chi connectivity index (χ0) is 17.9. The van der Waals surface area contributed by atoms with Crippen LogP contribution in [-0.2, 0) is 6.54 Å². The second kappa shape index (κ2) is 6.72. The molecule has 0 aliphatic carbocycles. The van der Waals surface area contributed by atoms with Crippen LogP contribution in [0.3, 0.4) is 0 Å². The van der Waals surface area contributed by atoms with Crippen LogP contribution in [0, 0.1) is 6.92 Å². The summed E-state index contributed by atoms with van der Waals surface area (Å²) in [5.41, 5.74) is 4.23. The maximum absolute atomic E-state index is 12.4. The lowest BCUT2D eigenvalue weighted by Gasteiger charge is -2.05. The third-order valence-corrected chi connectivity index (χ3v) is 4.05. The molecule has 128 valence electrons. The summed E-state index contributed by atoms with van der Waals surface area (Å²) in [5, 5.41) is 15.0. The van der Waals surface area contributed by atoms with Gasteiger partial charge >= 0.3 is 0 Å². The average Bonchev–Trinajstić information content (AvgIpc) is 3.10. The van der Waals surface area contributed by atoms with E-state index < -0.39 is 5.91 Å². The zero-order valence-electron chi connectivity index (χ0n) is 14.1. The molecule has 0 bridgehead atoms. The number of nitrogens with zero attached hydrogens (tertiary/aromatic N) is 5. The Morgan fingerprint density at radius 3 is 2.65 bits per heavy atom. The smallest absolute Gasteiger partial charge is 0.295 e. The van der Waals surface area contributed by atoms with Crippen LogP contribution in [0.4, 0.5) is 5.69 Å². The highest BCUT2D eigenvalue weighted by Gasteiger charge is 2.12. The minimum absolute atomic E-state index is 0.0235. The number of rotatable bonds is 4. The Morgan fingerprint density at radius 2 is 1.81 bits per heavy atom. The second-order valence-electron chi connectivity index (χ2n) is 5.93. The van der Waals surface area contributed by atoms with Crippen molar-refractivity contribution in [2.45, 2.75) is 13.5 Å². The highest BCUT2D eigenvalue weighted by molar-refractivity contribution is 6.01.